The minimum Gasteiger partial charge on any atom is -1.00 e. The number of nitrogens with one attached hydrogen (secondary N) is 6. The summed E-state index contributed by atoms with van der Waals surface area (Å²) < 4.78 is 52.3. The number of hydrogen-bond donors (Lipinski definition) is 8. The molecule has 0 spiro atoms. The van der Waals surface area contributed by atoms with Crippen molar-refractivity contribution in [3.05, 3.63) is 131 Å². The molecule has 1 aliphatic carbocycles. The summed E-state index contributed by atoms with van der Waals surface area (Å²) in [6.45, 7) is 21.8. The fourth-order valence-corrected chi connectivity index (χ4v) is 15.8. The van der Waals surface area contributed by atoms with E-state index in [0.717, 1.165) is 89.5 Å². The molecule has 9 N–H and O–H groups in total. The van der Waals surface area contributed by atoms with Gasteiger partial charge in [-0.25, -0.2) is 0 Å². The molecule has 0 unspecified atom stereocenters. The van der Waals surface area contributed by atoms with E-state index >= 15 is 0 Å². The third-order valence-corrected chi connectivity index (χ3v) is 22.5. The Kier molecular flexibility index (Phi) is 54.6. The van der Waals surface area contributed by atoms with Gasteiger partial charge in [0.25, 0.3) is 0 Å². The van der Waals surface area contributed by atoms with Crippen LogP contribution in [0.4, 0.5) is 17.1 Å². The van der Waals surface area contributed by atoms with Crippen LogP contribution in [-0.2, 0) is 87.0 Å². The fraction of sp³-hybridized carbons (Fsp3) is 0.638. The van der Waals surface area contributed by atoms with Crippen molar-refractivity contribution in [1.29, 1.82) is 0 Å². The Bertz CT molecular complexity index is 3720. The highest BCUT2D eigenvalue weighted by Gasteiger charge is 2.44. The largest absolute Gasteiger partial charge is 1.00 e. The van der Waals surface area contributed by atoms with Gasteiger partial charge in [-0.05, 0) is 131 Å². The van der Waals surface area contributed by atoms with E-state index in [2.05, 4.69) is 187 Å². The summed E-state index contributed by atoms with van der Waals surface area (Å²) in [5, 5.41) is 26.3. The minimum absolute atomic E-state index is 0. The number of nitrogens with two attached hydrogens (primary N) is 1. The number of thioether (sulfide) groups is 1. The molecule has 3 aromatic rings. The molecule has 3 aliphatic rings. The summed E-state index contributed by atoms with van der Waals surface area (Å²) in [6.07, 6.45) is 32.3. The number of carbonyl (C=O) groups excluding carboxylic acids is 7. The number of Topliss-reactive ketones (excluding diaryl/α,β-unsaturated/α-hetero) is 1. The van der Waals surface area contributed by atoms with Gasteiger partial charge in [0, 0.05) is 117 Å². The van der Waals surface area contributed by atoms with Crippen molar-refractivity contribution in [3.8, 4) is 0 Å². The molecule has 682 valence electrons. The second-order valence-electron chi connectivity index (χ2n) is 31.9. The van der Waals surface area contributed by atoms with Crippen molar-refractivity contribution in [1.82, 2.24) is 26.6 Å². The maximum absolute atomic E-state index is 13.5. The van der Waals surface area contributed by atoms with Crippen LogP contribution in [0.15, 0.2) is 114 Å². The minimum atomic E-state index is -1.41. The number of ketones is 1. The van der Waals surface area contributed by atoms with Gasteiger partial charge in [0.2, 0.25) is 35.2 Å². The first-order valence-electron chi connectivity index (χ1n) is 44.8. The lowest BCUT2D eigenvalue weighted by atomic mass is 9.79. The zero-order valence-electron chi connectivity index (χ0n) is 74.3. The summed E-state index contributed by atoms with van der Waals surface area (Å²) in [4.78, 5) is 92.5. The Hall–Kier alpha value is -6.94. The number of nitrogens with zero attached hydrogens (tertiary/aromatic N) is 2. The van der Waals surface area contributed by atoms with E-state index in [1.54, 1.807) is 0 Å². The van der Waals surface area contributed by atoms with Crippen molar-refractivity contribution < 1.29 is 110 Å². The molecule has 2 atom stereocenters. The number of esters is 1. The number of para-hydroxylation sites is 2. The van der Waals surface area contributed by atoms with Crippen LogP contribution in [0, 0.1) is 0 Å². The standard InChI is InChI=1S/C94H145N9O17S.HI/c1-8-11-12-13-14-15-16-17-18-19-20-21-22-38-90(110)120-64-65-121-72-80(92(111)99-66-86(106)100-79(67-104)83(105)68-118-69-87(107)97-49-30-54-114-58-62-116-60-56-112-52-28-47-95)101-89(109)71-119-70-88(108)98-50-31-55-115-59-63-117-61-57-113-53-29-48-96-76-43-39-75(40-44-76)91-73(41-45-84-93(4,5)77-34-23-25-36-81(77)102(84)10-3)32-27-33-74(91)42-46-85-94(6,7)78-35-24-26-37-82(78)103(85)51-9-2;/h23-26,34-37,39-46,79-80,104H,8-22,27-33,38,47-72,95H2,1-7H3,(H5,97,98,99,100,101,106,107,108,109,111);1H/b73-41+,84-45+;/t79-,80+;/m1./s1. The van der Waals surface area contributed by atoms with Crippen LogP contribution in [0.5, 0.6) is 0 Å². The summed E-state index contributed by atoms with van der Waals surface area (Å²) >= 11 is 1.23. The van der Waals surface area contributed by atoms with Gasteiger partial charge in [0.15, 0.2) is 11.5 Å². The molecule has 2 heterocycles. The number of amides is 5. The average Bonchev–Trinajstić information content (AvgIpc) is 1.60. The third kappa shape index (κ3) is 39.7. The lowest BCUT2D eigenvalue weighted by molar-refractivity contribution is -0.437. The van der Waals surface area contributed by atoms with Crippen LogP contribution in [0.3, 0.4) is 0 Å². The Labute approximate surface area is 748 Å². The number of hydrogen-bond acceptors (Lipinski definition) is 21. The van der Waals surface area contributed by atoms with E-state index in [0.29, 0.717) is 124 Å². The smallest absolute Gasteiger partial charge is 0.305 e. The first-order chi connectivity index (χ1) is 58.9. The first-order valence-corrected chi connectivity index (χ1v) is 45.9. The van der Waals surface area contributed by atoms with Crippen molar-refractivity contribution in [2.75, 3.05) is 186 Å². The van der Waals surface area contributed by atoms with E-state index in [1.807, 2.05) is 0 Å². The van der Waals surface area contributed by atoms with E-state index in [-0.39, 0.29) is 53.1 Å². The van der Waals surface area contributed by atoms with E-state index in [1.165, 1.54) is 126 Å². The number of aliphatic hydroxyl groups is 1. The van der Waals surface area contributed by atoms with Crippen LogP contribution in [0.1, 0.15) is 206 Å². The van der Waals surface area contributed by atoms with Crippen LogP contribution >= 0.6 is 11.8 Å². The molecule has 0 aromatic heterocycles. The first kappa shape index (κ1) is 106. The molecular formula is C94H146IN9O17S. The Balaban J connectivity index is 0.0000265. The maximum Gasteiger partial charge on any atom is 0.305 e. The molecular weight excluding hydrogens is 1690 g/mol. The second kappa shape index (κ2) is 63.1. The highest BCUT2D eigenvalue weighted by Crippen LogP contribution is 2.48. The second-order valence-corrected chi connectivity index (χ2v) is 33.0. The topological polar surface area (TPSA) is 327 Å². The number of ether oxygens (including phenoxy) is 9. The number of halogens is 1. The predicted molar refractivity (Wildman–Crippen MR) is 481 cm³/mol. The van der Waals surface area contributed by atoms with Gasteiger partial charge in [-0.2, -0.15) is 16.3 Å². The van der Waals surface area contributed by atoms with Crippen LogP contribution in [-0.4, -0.2) is 245 Å². The van der Waals surface area contributed by atoms with Crippen molar-refractivity contribution >= 4 is 81.4 Å². The zero-order chi connectivity index (χ0) is 87.0. The highest BCUT2D eigenvalue weighted by molar-refractivity contribution is 7.99. The molecule has 0 saturated heterocycles. The highest BCUT2D eigenvalue weighted by atomic mass is 127. The van der Waals surface area contributed by atoms with Crippen LogP contribution < -0.4 is 66.5 Å². The lowest BCUT2D eigenvalue weighted by Gasteiger charge is -2.27. The number of carbonyl (C=O) groups is 7. The molecule has 0 bridgehead atoms. The van der Waals surface area contributed by atoms with E-state index < -0.39 is 87.0 Å². The molecule has 0 fully saturated rings. The number of aliphatic hydroxyl groups excluding tert-OH is 1. The van der Waals surface area contributed by atoms with Gasteiger partial charge < -0.3 is 114 Å². The Morgan fingerprint density at radius 3 is 1.67 bits per heavy atom. The van der Waals surface area contributed by atoms with Crippen molar-refractivity contribution in [2.45, 2.75) is 213 Å². The number of likely N-dealkylation sites (N-methyl/N-ethyl adjacent to an activating group) is 1. The van der Waals surface area contributed by atoms with Gasteiger partial charge in [0.05, 0.1) is 71.4 Å². The molecule has 6 rings (SSSR count). The summed E-state index contributed by atoms with van der Waals surface area (Å²) in [5.41, 5.74) is 19.5. The Morgan fingerprint density at radius 1 is 0.541 bits per heavy atom. The van der Waals surface area contributed by atoms with Gasteiger partial charge in [-0.15, -0.1) is 0 Å². The molecule has 3 aromatic carbocycles. The normalized spacial score (nSPS) is 15.1. The predicted octanol–water partition coefficient (Wildman–Crippen LogP) is 9.00. The third-order valence-electron chi connectivity index (χ3n) is 21.5. The zero-order valence-corrected chi connectivity index (χ0v) is 77.3. The maximum atomic E-state index is 13.5. The fourth-order valence-electron chi connectivity index (χ4n) is 15.0. The number of anilines is 2. The summed E-state index contributed by atoms with van der Waals surface area (Å²) in [6, 6.07) is 24.0. The summed E-state index contributed by atoms with van der Waals surface area (Å²) in [5.74, 6) is -3.95. The number of fused-ring (bicyclic) bond motifs is 2. The van der Waals surface area contributed by atoms with Gasteiger partial charge in [0.1, 0.15) is 51.7 Å². The number of rotatable bonds is 69. The van der Waals surface area contributed by atoms with Crippen LogP contribution in [0.25, 0.3) is 5.57 Å². The van der Waals surface area contributed by atoms with Crippen molar-refractivity contribution in [3.63, 3.8) is 0 Å². The van der Waals surface area contributed by atoms with Gasteiger partial charge in [-0.3, -0.25) is 33.6 Å². The van der Waals surface area contributed by atoms with E-state index in [4.69, 9.17) is 48.4 Å². The average molecular weight is 1830 g/mol. The van der Waals surface area contributed by atoms with E-state index in [9.17, 15) is 38.7 Å². The quantitative estimate of drug-likeness (QED) is 0.0113. The van der Waals surface area contributed by atoms with Crippen LogP contribution in [0.2, 0.25) is 0 Å². The molecule has 2 aliphatic heterocycles. The molecule has 122 heavy (non-hydrogen) atoms. The SMILES string of the molecule is CCCCCCCCCCCCCCCC(=O)OCCSC[C@H](NC(=O)COCC(=O)NCCCOCCOCCOCCCNc1ccc(C2=C(/C=C/C3=[N+](CCC)c4ccccc4C3(C)C)CCC/C2=C\C=C2\N(CC)c3ccccc3C2(C)C)cc1)C(=O)NCC(=O)N[C@H](CO)C(=O)COCC(=O)NCCCOCCOCCOCCCN.[I-]. The molecule has 5 amide bonds. The molecule has 26 nitrogen and oxygen atoms in total. The number of benzene rings is 3. The number of allylic oxidation sites excluding steroid dienone is 8. The Morgan fingerprint density at radius 2 is 1.08 bits per heavy atom. The lowest BCUT2D eigenvalue weighted by Crippen LogP contribution is -3.00. The van der Waals surface area contributed by atoms with Gasteiger partial charge >= 0.3 is 5.97 Å². The molecule has 0 saturated carbocycles. The summed E-state index contributed by atoms with van der Waals surface area (Å²) in [7, 11) is 0. The molecule has 28 heteroatoms. The van der Waals surface area contributed by atoms with Gasteiger partial charge in [-0.1, -0.05) is 165 Å². The number of unbranched alkanes of at least 4 members (excludes halogenated alkanes) is 12. The monoisotopic (exact) mass is 1830 g/mol. The van der Waals surface area contributed by atoms with Crippen molar-refractivity contribution in [2.24, 2.45) is 5.73 Å². The molecule has 0 radical (unpaired) electrons.